The van der Waals surface area contributed by atoms with E-state index in [0.29, 0.717) is 13.2 Å². The summed E-state index contributed by atoms with van der Waals surface area (Å²) >= 11 is 0. The first-order valence-corrected chi connectivity index (χ1v) is 10.6. The van der Waals surface area contributed by atoms with E-state index in [1.165, 1.54) is 31.2 Å². The standard InChI is InChI=1S/C24H34N2O2/c1-2-3-4-5-9-17-25-20-24(27)26-22-15-10-16-23(19-22)28-18-11-14-21-12-7-6-8-13-21/h6-8,10,12-13,15-16,19,25H,2-5,9,11,14,17-18,20H2,1H3,(H,26,27). The predicted molar refractivity (Wildman–Crippen MR) is 117 cm³/mol. The van der Waals surface area contributed by atoms with Crippen LogP contribution in [0.2, 0.25) is 0 Å². The maximum Gasteiger partial charge on any atom is 0.238 e. The number of nitrogens with one attached hydrogen (secondary N) is 2. The number of benzene rings is 2. The number of anilines is 1. The molecule has 0 atom stereocenters. The normalized spacial score (nSPS) is 10.6. The number of carbonyl (C=O) groups is 1. The molecule has 1 amide bonds. The number of unbranched alkanes of at least 4 members (excludes halogenated alkanes) is 4. The molecule has 2 aromatic carbocycles. The van der Waals surface area contributed by atoms with Gasteiger partial charge >= 0.3 is 0 Å². The molecule has 0 unspecified atom stereocenters. The van der Waals surface area contributed by atoms with E-state index in [1.807, 2.05) is 30.3 Å². The van der Waals surface area contributed by atoms with Crippen LogP contribution in [0.5, 0.6) is 5.75 Å². The van der Waals surface area contributed by atoms with E-state index in [-0.39, 0.29) is 5.91 Å². The summed E-state index contributed by atoms with van der Waals surface area (Å²) in [6.45, 7) is 4.11. The summed E-state index contributed by atoms with van der Waals surface area (Å²) in [7, 11) is 0. The molecule has 2 rings (SSSR count). The summed E-state index contributed by atoms with van der Waals surface area (Å²) in [4.78, 5) is 12.1. The lowest BCUT2D eigenvalue weighted by Gasteiger charge is -2.10. The average molecular weight is 383 g/mol. The van der Waals surface area contributed by atoms with Gasteiger partial charge in [0.2, 0.25) is 5.91 Å². The molecular formula is C24H34N2O2. The maximum absolute atomic E-state index is 12.1. The van der Waals surface area contributed by atoms with Gasteiger partial charge in [0.25, 0.3) is 0 Å². The van der Waals surface area contributed by atoms with Crippen molar-refractivity contribution >= 4 is 11.6 Å². The Morgan fingerprint density at radius 1 is 0.929 bits per heavy atom. The molecule has 152 valence electrons. The van der Waals surface area contributed by atoms with E-state index in [1.54, 1.807) is 0 Å². The SMILES string of the molecule is CCCCCCCNCC(=O)Nc1cccc(OCCCc2ccccc2)c1. The topological polar surface area (TPSA) is 50.4 Å². The van der Waals surface area contributed by atoms with Crippen molar-refractivity contribution < 1.29 is 9.53 Å². The molecule has 0 saturated carbocycles. The van der Waals surface area contributed by atoms with E-state index >= 15 is 0 Å². The lowest BCUT2D eigenvalue weighted by atomic mass is 10.1. The first-order valence-electron chi connectivity index (χ1n) is 10.6. The lowest BCUT2D eigenvalue weighted by Crippen LogP contribution is -2.28. The molecule has 4 nitrogen and oxygen atoms in total. The Bertz CT molecular complexity index is 673. The fraction of sp³-hybridized carbons (Fsp3) is 0.458. The minimum absolute atomic E-state index is 0.0187. The zero-order valence-corrected chi connectivity index (χ0v) is 17.1. The summed E-state index contributed by atoms with van der Waals surface area (Å²) in [5.41, 5.74) is 2.10. The Morgan fingerprint density at radius 3 is 2.57 bits per heavy atom. The number of ether oxygens (including phenoxy) is 1. The van der Waals surface area contributed by atoms with Crippen LogP contribution in [0.1, 0.15) is 51.0 Å². The Kier molecular flexibility index (Phi) is 10.8. The molecule has 28 heavy (non-hydrogen) atoms. The van der Waals surface area contributed by atoms with Crippen molar-refractivity contribution in [1.29, 1.82) is 0 Å². The van der Waals surface area contributed by atoms with Gasteiger partial charge in [0, 0.05) is 11.8 Å². The molecule has 0 aliphatic heterocycles. The highest BCUT2D eigenvalue weighted by molar-refractivity contribution is 5.92. The van der Waals surface area contributed by atoms with Crippen LogP contribution in [0.25, 0.3) is 0 Å². The summed E-state index contributed by atoms with van der Waals surface area (Å²) in [6.07, 6.45) is 8.15. The van der Waals surface area contributed by atoms with Gasteiger partial charge < -0.3 is 15.4 Å². The fourth-order valence-corrected chi connectivity index (χ4v) is 3.04. The summed E-state index contributed by atoms with van der Waals surface area (Å²) < 4.78 is 5.83. The van der Waals surface area contributed by atoms with Crippen LogP contribution >= 0.6 is 0 Å². The largest absolute Gasteiger partial charge is 0.494 e. The van der Waals surface area contributed by atoms with Crippen molar-refractivity contribution in [1.82, 2.24) is 5.32 Å². The quantitative estimate of drug-likeness (QED) is 0.442. The molecule has 4 heteroatoms. The highest BCUT2D eigenvalue weighted by Crippen LogP contribution is 2.17. The Labute approximate surface area is 169 Å². The molecule has 0 aliphatic carbocycles. The molecule has 2 aromatic rings. The fourth-order valence-electron chi connectivity index (χ4n) is 3.04. The van der Waals surface area contributed by atoms with Gasteiger partial charge in [-0.2, -0.15) is 0 Å². The lowest BCUT2D eigenvalue weighted by molar-refractivity contribution is -0.115. The molecule has 0 aromatic heterocycles. The van der Waals surface area contributed by atoms with E-state index in [0.717, 1.165) is 37.2 Å². The van der Waals surface area contributed by atoms with Gasteiger partial charge in [-0.3, -0.25) is 4.79 Å². The second-order valence-electron chi connectivity index (χ2n) is 7.10. The third-order valence-electron chi connectivity index (χ3n) is 4.58. The Balaban J connectivity index is 1.61. The number of amides is 1. The van der Waals surface area contributed by atoms with Gasteiger partial charge in [0.05, 0.1) is 13.2 Å². The second-order valence-corrected chi connectivity index (χ2v) is 7.10. The van der Waals surface area contributed by atoms with Gasteiger partial charge in [0.15, 0.2) is 0 Å². The first-order chi connectivity index (χ1) is 13.8. The molecule has 0 bridgehead atoms. The van der Waals surface area contributed by atoms with Crippen LogP contribution in [0.4, 0.5) is 5.69 Å². The molecular weight excluding hydrogens is 348 g/mol. The summed E-state index contributed by atoms with van der Waals surface area (Å²) in [5, 5.41) is 6.14. The van der Waals surface area contributed by atoms with Crippen LogP contribution in [0, 0.1) is 0 Å². The second kappa shape index (κ2) is 13.8. The molecule has 0 heterocycles. The highest BCUT2D eigenvalue weighted by atomic mass is 16.5. The molecule has 0 spiro atoms. The average Bonchev–Trinajstić information content (AvgIpc) is 2.72. The van der Waals surface area contributed by atoms with Gasteiger partial charge in [-0.15, -0.1) is 0 Å². The van der Waals surface area contributed by atoms with Gasteiger partial charge in [0.1, 0.15) is 5.75 Å². The third-order valence-corrected chi connectivity index (χ3v) is 4.58. The van der Waals surface area contributed by atoms with E-state index < -0.39 is 0 Å². The zero-order valence-electron chi connectivity index (χ0n) is 17.1. The smallest absolute Gasteiger partial charge is 0.238 e. The summed E-state index contributed by atoms with van der Waals surface area (Å²) in [6, 6.07) is 18.0. The van der Waals surface area contributed by atoms with E-state index in [4.69, 9.17) is 4.74 Å². The van der Waals surface area contributed by atoms with Crippen LogP contribution in [0.3, 0.4) is 0 Å². The summed E-state index contributed by atoms with van der Waals surface area (Å²) in [5.74, 6) is 0.768. The number of hydrogen-bond donors (Lipinski definition) is 2. The number of rotatable bonds is 14. The highest BCUT2D eigenvalue weighted by Gasteiger charge is 2.03. The van der Waals surface area contributed by atoms with Crippen LogP contribution < -0.4 is 15.4 Å². The molecule has 0 saturated heterocycles. The van der Waals surface area contributed by atoms with Crippen LogP contribution in [-0.2, 0) is 11.2 Å². The maximum atomic E-state index is 12.1. The van der Waals surface area contributed by atoms with Crippen molar-refractivity contribution in [3.63, 3.8) is 0 Å². The number of hydrogen-bond acceptors (Lipinski definition) is 3. The van der Waals surface area contributed by atoms with Crippen molar-refractivity contribution in [2.24, 2.45) is 0 Å². The molecule has 2 N–H and O–H groups in total. The number of carbonyl (C=O) groups excluding carboxylic acids is 1. The molecule has 0 radical (unpaired) electrons. The van der Waals surface area contributed by atoms with Gasteiger partial charge in [-0.1, -0.05) is 69.0 Å². The minimum atomic E-state index is -0.0187. The zero-order chi connectivity index (χ0) is 19.9. The molecule has 0 fully saturated rings. The van der Waals surface area contributed by atoms with Crippen molar-refractivity contribution in [3.8, 4) is 5.75 Å². The first kappa shape index (κ1) is 22.0. The van der Waals surface area contributed by atoms with Gasteiger partial charge in [-0.05, 0) is 43.5 Å². The Morgan fingerprint density at radius 2 is 1.75 bits per heavy atom. The van der Waals surface area contributed by atoms with Crippen molar-refractivity contribution in [2.75, 3.05) is 25.0 Å². The predicted octanol–water partition coefficient (Wildman–Crippen LogP) is 5.20. The molecule has 0 aliphatic rings. The van der Waals surface area contributed by atoms with Crippen LogP contribution in [-0.4, -0.2) is 25.6 Å². The van der Waals surface area contributed by atoms with E-state index in [9.17, 15) is 4.79 Å². The van der Waals surface area contributed by atoms with Crippen LogP contribution in [0.15, 0.2) is 54.6 Å². The monoisotopic (exact) mass is 382 g/mol. The third kappa shape index (κ3) is 9.56. The van der Waals surface area contributed by atoms with Crippen molar-refractivity contribution in [3.05, 3.63) is 60.2 Å². The minimum Gasteiger partial charge on any atom is -0.494 e. The Hall–Kier alpha value is -2.33. The van der Waals surface area contributed by atoms with Crippen molar-refractivity contribution in [2.45, 2.75) is 51.9 Å². The van der Waals surface area contributed by atoms with E-state index in [2.05, 4.69) is 41.8 Å². The van der Waals surface area contributed by atoms with Gasteiger partial charge in [-0.25, -0.2) is 0 Å². The number of aryl methyl sites for hydroxylation is 1.